The summed E-state index contributed by atoms with van der Waals surface area (Å²) in [7, 11) is 1.57. The van der Waals surface area contributed by atoms with Crippen molar-refractivity contribution in [1.29, 1.82) is 0 Å². The minimum atomic E-state index is 0.1000. The lowest BCUT2D eigenvalue weighted by Gasteiger charge is -2.32. The topological polar surface area (TPSA) is 67.3 Å². The van der Waals surface area contributed by atoms with E-state index in [1.807, 2.05) is 29.3 Å². The highest BCUT2D eigenvalue weighted by Gasteiger charge is 2.23. The third-order valence-corrected chi connectivity index (χ3v) is 4.73. The van der Waals surface area contributed by atoms with Gasteiger partial charge in [0.05, 0.1) is 0 Å². The van der Waals surface area contributed by atoms with Crippen molar-refractivity contribution in [2.24, 2.45) is 5.92 Å². The maximum absolute atomic E-state index is 12.0. The Labute approximate surface area is 154 Å². The van der Waals surface area contributed by atoms with Gasteiger partial charge in [0, 0.05) is 32.6 Å². The number of anilines is 2. The van der Waals surface area contributed by atoms with E-state index in [2.05, 4.69) is 27.4 Å². The highest BCUT2D eigenvalue weighted by atomic mass is 16.5. The predicted octanol–water partition coefficient (Wildman–Crippen LogP) is 3.04. The van der Waals surface area contributed by atoms with Gasteiger partial charge < -0.3 is 15.0 Å². The lowest BCUT2D eigenvalue weighted by atomic mass is 9.92. The number of likely N-dealkylation sites (tertiary alicyclic amines) is 1. The molecule has 2 aromatic heterocycles. The van der Waals surface area contributed by atoms with Crippen LogP contribution >= 0.6 is 0 Å². The number of nitrogens with zero attached hydrogens (tertiary/aromatic N) is 3. The molecule has 1 fully saturated rings. The van der Waals surface area contributed by atoms with Crippen molar-refractivity contribution in [1.82, 2.24) is 14.9 Å². The minimum Gasteiger partial charge on any atom is -0.375 e. The van der Waals surface area contributed by atoms with Crippen molar-refractivity contribution in [2.45, 2.75) is 25.7 Å². The Hall–Kier alpha value is -2.47. The molecule has 26 heavy (non-hydrogen) atoms. The molecule has 0 saturated carbocycles. The fourth-order valence-electron chi connectivity index (χ4n) is 3.38. The molecule has 0 aliphatic carbocycles. The molecule has 6 heteroatoms. The Kier molecular flexibility index (Phi) is 6.55. The van der Waals surface area contributed by atoms with Crippen LogP contribution in [0.15, 0.2) is 42.7 Å². The fraction of sp³-hybridized carbons (Fsp3) is 0.450. The Morgan fingerprint density at radius 1 is 1.27 bits per heavy atom. The number of rotatable bonds is 7. The second-order valence-electron chi connectivity index (χ2n) is 6.71. The van der Waals surface area contributed by atoms with Crippen molar-refractivity contribution < 1.29 is 9.53 Å². The molecule has 138 valence electrons. The highest BCUT2D eigenvalue weighted by Crippen LogP contribution is 2.22. The first-order valence-corrected chi connectivity index (χ1v) is 9.14. The molecule has 0 unspecified atom stereocenters. The van der Waals surface area contributed by atoms with Crippen LogP contribution in [0.3, 0.4) is 0 Å². The number of pyridine rings is 2. The molecule has 3 rings (SSSR count). The molecule has 0 radical (unpaired) electrons. The van der Waals surface area contributed by atoms with Gasteiger partial charge in [-0.2, -0.15) is 0 Å². The van der Waals surface area contributed by atoms with E-state index in [0.29, 0.717) is 5.92 Å². The third-order valence-electron chi connectivity index (χ3n) is 4.73. The third kappa shape index (κ3) is 5.26. The van der Waals surface area contributed by atoms with Gasteiger partial charge in [0.25, 0.3) is 0 Å². The van der Waals surface area contributed by atoms with Crippen LogP contribution in [-0.4, -0.2) is 47.6 Å². The van der Waals surface area contributed by atoms with Crippen molar-refractivity contribution in [3.05, 3.63) is 48.3 Å². The zero-order valence-electron chi connectivity index (χ0n) is 15.2. The number of aryl methyl sites for hydroxylation is 1. The van der Waals surface area contributed by atoms with Crippen LogP contribution in [0.5, 0.6) is 0 Å². The standard InChI is InChI=1S/C20H26N4O2/c1-26-15-20(25)24-12-4-5-17(14-24)8-7-16-9-11-22-19(13-16)23-18-6-2-3-10-21-18/h2-3,6,9-11,13,17H,4-5,7-8,12,14-15H2,1H3,(H,21,22,23)/t17-/m0/s1. The van der Waals surface area contributed by atoms with Crippen LogP contribution in [0, 0.1) is 5.92 Å². The fourth-order valence-corrected chi connectivity index (χ4v) is 3.38. The van der Waals surface area contributed by atoms with Crippen LogP contribution in [0.1, 0.15) is 24.8 Å². The molecule has 6 nitrogen and oxygen atoms in total. The van der Waals surface area contributed by atoms with E-state index in [4.69, 9.17) is 4.74 Å². The van der Waals surface area contributed by atoms with Crippen molar-refractivity contribution in [3.8, 4) is 0 Å². The summed E-state index contributed by atoms with van der Waals surface area (Å²) in [6.07, 6.45) is 7.89. The first-order valence-electron chi connectivity index (χ1n) is 9.14. The van der Waals surface area contributed by atoms with Crippen LogP contribution in [-0.2, 0) is 16.0 Å². The number of nitrogens with one attached hydrogen (secondary N) is 1. The van der Waals surface area contributed by atoms with E-state index in [-0.39, 0.29) is 12.5 Å². The number of aromatic nitrogens is 2. The van der Waals surface area contributed by atoms with E-state index in [0.717, 1.165) is 44.0 Å². The van der Waals surface area contributed by atoms with E-state index >= 15 is 0 Å². The van der Waals surface area contributed by atoms with E-state index in [1.165, 1.54) is 12.0 Å². The maximum atomic E-state index is 12.0. The zero-order chi connectivity index (χ0) is 18.2. The first kappa shape index (κ1) is 18.3. The first-order chi connectivity index (χ1) is 12.7. The number of carbonyl (C=O) groups excluding carboxylic acids is 1. The largest absolute Gasteiger partial charge is 0.375 e. The Morgan fingerprint density at radius 2 is 2.15 bits per heavy atom. The molecule has 0 bridgehead atoms. The zero-order valence-corrected chi connectivity index (χ0v) is 15.2. The van der Waals surface area contributed by atoms with Crippen molar-refractivity contribution in [3.63, 3.8) is 0 Å². The van der Waals surface area contributed by atoms with Crippen molar-refractivity contribution in [2.75, 3.05) is 32.1 Å². The smallest absolute Gasteiger partial charge is 0.248 e. The number of hydrogen-bond acceptors (Lipinski definition) is 5. The van der Waals surface area contributed by atoms with Crippen LogP contribution in [0.2, 0.25) is 0 Å². The van der Waals surface area contributed by atoms with Gasteiger partial charge in [-0.05, 0) is 61.4 Å². The summed E-state index contributed by atoms with van der Waals surface area (Å²) in [6, 6.07) is 9.88. The van der Waals surface area contributed by atoms with Gasteiger partial charge in [-0.3, -0.25) is 4.79 Å². The summed E-state index contributed by atoms with van der Waals surface area (Å²) in [5.41, 5.74) is 1.25. The van der Waals surface area contributed by atoms with Gasteiger partial charge in [-0.25, -0.2) is 9.97 Å². The second-order valence-corrected chi connectivity index (χ2v) is 6.71. The monoisotopic (exact) mass is 354 g/mol. The molecule has 1 N–H and O–H groups in total. The summed E-state index contributed by atoms with van der Waals surface area (Å²) in [4.78, 5) is 22.6. The molecule has 3 heterocycles. The predicted molar refractivity (Wildman–Crippen MR) is 101 cm³/mol. The van der Waals surface area contributed by atoms with Gasteiger partial charge in [0.1, 0.15) is 18.2 Å². The molecule has 2 aromatic rings. The van der Waals surface area contributed by atoms with Crippen LogP contribution in [0.4, 0.5) is 11.6 Å². The molecule has 0 aromatic carbocycles. The maximum Gasteiger partial charge on any atom is 0.248 e. The van der Waals surface area contributed by atoms with Gasteiger partial charge in [0.2, 0.25) is 5.91 Å². The average Bonchev–Trinajstić information content (AvgIpc) is 2.68. The number of hydrogen-bond donors (Lipinski definition) is 1. The number of carbonyl (C=O) groups is 1. The molecule has 1 saturated heterocycles. The van der Waals surface area contributed by atoms with Crippen LogP contribution in [0.25, 0.3) is 0 Å². The number of methoxy groups -OCH3 is 1. The lowest BCUT2D eigenvalue weighted by Crippen LogP contribution is -2.41. The lowest BCUT2D eigenvalue weighted by molar-refractivity contribution is -0.137. The number of piperidine rings is 1. The molecular formula is C20H26N4O2. The molecule has 1 aliphatic rings. The number of amides is 1. The summed E-state index contributed by atoms with van der Waals surface area (Å²) in [6.45, 7) is 1.87. The molecule has 0 spiro atoms. The Balaban J connectivity index is 1.53. The second kappa shape index (κ2) is 9.29. The van der Waals surface area contributed by atoms with E-state index < -0.39 is 0 Å². The van der Waals surface area contributed by atoms with E-state index in [1.54, 1.807) is 13.3 Å². The molecule has 1 atom stereocenters. The molecular weight excluding hydrogens is 328 g/mol. The molecule has 1 amide bonds. The van der Waals surface area contributed by atoms with Crippen molar-refractivity contribution >= 4 is 17.5 Å². The Morgan fingerprint density at radius 3 is 2.96 bits per heavy atom. The van der Waals surface area contributed by atoms with Crippen LogP contribution < -0.4 is 5.32 Å². The average molecular weight is 354 g/mol. The normalized spacial score (nSPS) is 17.1. The van der Waals surface area contributed by atoms with Gasteiger partial charge in [-0.1, -0.05) is 6.07 Å². The van der Waals surface area contributed by atoms with E-state index in [9.17, 15) is 4.79 Å². The summed E-state index contributed by atoms with van der Waals surface area (Å²) < 4.78 is 4.97. The quantitative estimate of drug-likeness (QED) is 0.828. The Bertz CT molecular complexity index is 708. The summed E-state index contributed by atoms with van der Waals surface area (Å²) >= 11 is 0. The minimum absolute atomic E-state index is 0.1000. The summed E-state index contributed by atoms with van der Waals surface area (Å²) in [5, 5.41) is 3.23. The van der Waals surface area contributed by atoms with Gasteiger partial charge >= 0.3 is 0 Å². The molecule has 1 aliphatic heterocycles. The summed E-state index contributed by atoms with van der Waals surface area (Å²) in [5.74, 6) is 2.24. The van der Waals surface area contributed by atoms with Gasteiger partial charge in [-0.15, -0.1) is 0 Å². The highest BCUT2D eigenvalue weighted by molar-refractivity contribution is 5.77. The number of ether oxygens (including phenoxy) is 1. The van der Waals surface area contributed by atoms with Gasteiger partial charge in [0.15, 0.2) is 0 Å². The SMILES string of the molecule is COCC(=O)N1CCC[C@@H](CCc2ccnc(Nc3ccccn3)c2)C1.